The van der Waals surface area contributed by atoms with Gasteiger partial charge in [-0.15, -0.1) is 11.3 Å². The first-order valence-corrected chi connectivity index (χ1v) is 11.5. The number of likely N-dealkylation sites (N-methyl/N-ethyl adjacent to an activating group) is 1. The zero-order valence-corrected chi connectivity index (χ0v) is 19.4. The number of nitrogens with one attached hydrogen (secondary N) is 1. The smallest absolute Gasteiger partial charge is 0.236 e. The molecule has 2 aromatic heterocycles. The van der Waals surface area contributed by atoms with E-state index in [0.29, 0.717) is 23.8 Å². The van der Waals surface area contributed by atoms with Crippen LogP contribution in [0.15, 0.2) is 52.6 Å². The topological polar surface area (TPSA) is 75.5 Å². The molecule has 1 aromatic carbocycles. The Bertz CT molecular complexity index is 1210. The molecule has 6 nitrogen and oxygen atoms in total. The van der Waals surface area contributed by atoms with Crippen LogP contribution in [0, 0.1) is 5.41 Å². The maximum Gasteiger partial charge on any atom is 0.236 e. The minimum absolute atomic E-state index is 0.0864. The Labute approximate surface area is 192 Å². The fourth-order valence-corrected chi connectivity index (χ4v) is 5.83. The van der Waals surface area contributed by atoms with E-state index < -0.39 is 11.3 Å². The summed E-state index contributed by atoms with van der Waals surface area (Å²) in [6, 6.07) is 9.85. The highest BCUT2D eigenvalue weighted by molar-refractivity contribution is 9.10. The molecule has 8 heteroatoms. The van der Waals surface area contributed by atoms with Crippen molar-refractivity contribution in [1.82, 2.24) is 9.88 Å². The summed E-state index contributed by atoms with van der Waals surface area (Å²) in [6.07, 6.45) is 4.05. The predicted molar refractivity (Wildman–Crippen MR) is 123 cm³/mol. The summed E-state index contributed by atoms with van der Waals surface area (Å²) in [4.78, 5) is 20.2. The van der Waals surface area contributed by atoms with E-state index >= 15 is 0 Å². The number of rotatable bonds is 3. The van der Waals surface area contributed by atoms with Crippen molar-refractivity contribution in [2.24, 2.45) is 0 Å². The molecular formula is C23H20BrN3O3S. The lowest BCUT2D eigenvalue weighted by Crippen LogP contribution is -2.51. The van der Waals surface area contributed by atoms with Crippen molar-refractivity contribution in [1.29, 1.82) is 5.41 Å². The van der Waals surface area contributed by atoms with Gasteiger partial charge in [-0.2, -0.15) is 0 Å². The lowest BCUT2D eigenvalue weighted by molar-refractivity contribution is -0.131. The van der Waals surface area contributed by atoms with Gasteiger partial charge in [-0.1, -0.05) is 13.0 Å². The van der Waals surface area contributed by atoms with Crippen LogP contribution in [0.2, 0.25) is 0 Å². The molecule has 5 rings (SSSR count). The second-order valence-corrected chi connectivity index (χ2v) is 9.90. The second-order valence-electron chi connectivity index (χ2n) is 8.08. The largest absolute Gasteiger partial charge is 0.454 e. The highest BCUT2D eigenvalue weighted by atomic mass is 79.9. The SMILES string of the molecule is CN1C(=N)C[C@](C)(c2cc(-c3cncc(Br)c3)cs2)C(c2ccc3c(c2)OCO3)C1=O. The van der Waals surface area contributed by atoms with Crippen molar-refractivity contribution in [3.05, 3.63) is 63.0 Å². The van der Waals surface area contributed by atoms with Gasteiger partial charge < -0.3 is 14.4 Å². The Kier molecular flexibility index (Phi) is 4.86. The molecule has 0 saturated carbocycles. The summed E-state index contributed by atoms with van der Waals surface area (Å²) in [5.41, 5.74) is 2.37. The quantitative estimate of drug-likeness (QED) is 0.540. The third-order valence-corrected chi connectivity index (χ3v) is 7.73. The molecule has 1 saturated heterocycles. The molecule has 31 heavy (non-hydrogen) atoms. The van der Waals surface area contributed by atoms with Crippen LogP contribution in [0.4, 0.5) is 0 Å². The highest BCUT2D eigenvalue weighted by Gasteiger charge is 2.49. The molecule has 1 unspecified atom stereocenters. The van der Waals surface area contributed by atoms with Gasteiger partial charge in [0.05, 0.1) is 5.92 Å². The summed E-state index contributed by atoms with van der Waals surface area (Å²) in [7, 11) is 1.68. The summed E-state index contributed by atoms with van der Waals surface area (Å²) in [5.74, 6) is 1.15. The minimum Gasteiger partial charge on any atom is -0.454 e. The number of amides is 1. The number of hydrogen-bond acceptors (Lipinski definition) is 6. The molecule has 0 radical (unpaired) electrons. The molecule has 0 bridgehead atoms. The van der Waals surface area contributed by atoms with Crippen molar-refractivity contribution < 1.29 is 14.3 Å². The zero-order valence-electron chi connectivity index (χ0n) is 17.0. The number of piperidine rings is 1. The Morgan fingerprint density at radius 3 is 2.81 bits per heavy atom. The van der Waals surface area contributed by atoms with Crippen molar-refractivity contribution in [3.8, 4) is 22.6 Å². The Morgan fingerprint density at radius 1 is 1.19 bits per heavy atom. The lowest BCUT2D eigenvalue weighted by atomic mass is 9.67. The number of carbonyl (C=O) groups excluding carboxylic acids is 1. The third kappa shape index (κ3) is 3.34. The number of benzene rings is 1. The Morgan fingerprint density at radius 2 is 2.00 bits per heavy atom. The Hall–Kier alpha value is -2.71. The standard InChI is InChI=1S/C23H20BrN3O3S/c1-23(19-7-15(11-31-19)14-5-16(24)10-26-9-14)8-20(25)27(2)22(28)21(23)13-3-4-17-18(6-13)30-12-29-17/h3-7,9-11,21,25H,8,12H2,1-2H3/t21?,23-/m1/s1. The van der Waals surface area contributed by atoms with Crippen LogP contribution < -0.4 is 9.47 Å². The summed E-state index contributed by atoms with van der Waals surface area (Å²) < 4.78 is 11.9. The van der Waals surface area contributed by atoms with E-state index in [2.05, 4.69) is 39.3 Å². The summed E-state index contributed by atoms with van der Waals surface area (Å²) >= 11 is 5.10. The number of hydrogen-bond donors (Lipinski definition) is 1. The maximum atomic E-state index is 13.4. The van der Waals surface area contributed by atoms with Crippen LogP contribution in [0.5, 0.6) is 11.5 Å². The van der Waals surface area contributed by atoms with Crippen LogP contribution in [0.1, 0.15) is 29.7 Å². The number of likely N-dealkylation sites (tertiary alicyclic amines) is 1. The zero-order chi connectivity index (χ0) is 21.8. The van der Waals surface area contributed by atoms with Gasteiger partial charge in [0, 0.05) is 46.2 Å². The van der Waals surface area contributed by atoms with Crippen LogP contribution in [-0.2, 0) is 10.2 Å². The Balaban J connectivity index is 1.60. The molecule has 1 fully saturated rings. The molecule has 1 N–H and O–H groups in total. The number of nitrogens with zero attached hydrogens (tertiary/aromatic N) is 2. The van der Waals surface area contributed by atoms with E-state index in [-0.39, 0.29) is 12.7 Å². The molecule has 158 valence electrons. The number of fused-ring (bicyclic) bond motifs is 1. The van der Waals surface area contributed by atoms with Gasteiger partial charge >= 0.3 is 0 Å². The van der Waals surface area contributed by atoms with Gasteiger partial charge in [0.2, 0.25) is 12.7 Å². The average molecular weight is 498 g/mol. The van der Waals surface area contributed by atoms with E-state index in [1.165, 1.54) is 4.90 Å². The van der Waals surface area contributed by atoms with Gasteiger partial charge in [-0.25, -0.2) is 0 Å². The molecule has 2 atom stereocenters. The number of aromatic nitrogens is 1. The van der Waals surface area contributed by atoms with E-state index in [1.54, 1.807) is 24.6 Å². The second kappa shape index (κ2) is 7.46. The van der Waals surface area contributed by atoms with Crippen LogP contribution in [0.25, 0.3) is 11.1 Å². The van der Waals surface area contributed by atoms with E-state index in [4.69, 9.17) is 14.9 Å². The number of pyridine rings is 1. The van der Waals surface area contributed by atoms with Crippen molar-refractivity contribution in [2.45, 2.75) is 24.7 Å². The van der Waals surface area contributed by atoms with Gasteiger partial charge in [0.15, 0.2) is 11.5 Å². The normalized spacial score (nSPS) is 22.8. The fourth-order valence-electron chi connectivity index (χ4n) is 4.36. The van der Waals surface area contributed by atoms with Crippen LogP contribution in [-0.4, -0.2) is 35.5 Å². The molecule has 2 aliphatic rings. The van der Waals surface area contributed by atoms with Crippen molar-refractivity contribution >= 4 is 39.0 Å². The van der Waals surface area contributed by atoms with Gasteiger partial charge in [-0.05, 0) is 56.7 Å². The van der Waals surface area contributed by atoms with E-state index in [0.717, 1.165) is 26.0 Å². The van der Waals surface area contributed by atoms with Gasteiger partial charge in [-0.3, -0.25) is 15.2 Å². The first-order chi connectivity index (χ1) is 14.9. The summed E-state index contributed by atoms with van der Waals surface area (Å²) in [6.45, 7) is 2.27. The van der Waals surface area contributed by atoms with Crippen molar-refractivity contribution in [2.75, 3.05) is 13.8 Å². The lowest BCUT2D eigenvalue weighted by Gasteiger charge is -2.44. The average Bonchev–Trinajstić information content (AvgIpc) is 3.42. The highest BCUT2D eigenvalue weighted by Crippen LogP contribution is 2.50. The number of halogens is 1. The van der Waals surface area contributed by atoms with Crippen LogP contribution >= 0.6 is 27.3 Å². The molecule has 0 aliphatic carbocycles. The van der Waals surface area contributed by atoms with Gasteiger partial charge in [0.25, 0.3) is 0 Å². The minimum atomic E-state index is -0.559. The maximum absolute atomic E-state index is 13.4. The predicted octanol–water partition coefficient (Wildman–Crippen LogP) is 5.18. The van der Waals surface area contributed by atoms with E-state index in [1.807, 2.05) is 30.5 Å². The third-order valence-electron chi connectivity index (χ3n) is 6.08. The first kappa shape index (κ1) is 20.2. The number of ether oxygens (including phenoxy) is 2. The monoisotopic (exact) mass is 497 g/mol. The summed E-state index contributed by atoms with van der Waals surface area (Å²) in [5, 5.41) is 10.5. The molecular weight excluding hydrogens is 478 g/mol. The molecule has 1 amide bonds. The van der Waals surface area contributed by atoms with E-state index in [9.17, 15) is 4.79 Å². The number of amidine groups is 1. The number of thiophene rings is 1. The van der Waals surface area contributed by atoms with Crippen LogP contribution in [0.3, 0.4) is 0 Å². The number of carbonyl (C=O) groups is 1. The van der Waals surface area contributed by atoms with Gasteiger partial charge in [0.1, 0.15) is 5.84 Å². The molecule has 4 heterocycles. The molecule has 0 spiro atoms. The molecule has 3 aromatic rings. The fraction of sp³-hybridized carbons (Fsp3) is 0.261. The first-order valence-electron chi connectivity index (χ1n) is 9.81. The molecule has 2 aliphatic heterocycles. The van der Waals surface area contributed by atoms with Crippen molar-refractivity contribution in [3.63, 3.8) is 0 Å².